The van der Waals surface area contributed by atoms with Crippen LogP contribution in [-0.4, -0.2) is 16.5 Å². The highest BCUT2D eigenvalue weighted by atomic mass is 19.1. The molecule has 3 aromatic rings. The maximum absolute atomic E-state index is 13.9. The standard InChI is InChI=1S/C20H20F2N4/c1-4-26(15-8-5-7-13(2)11-15)18-12-14(3)23-20(24-18)25-19-16(21)9-6-10-17(19)22/h5-12H,4H2,1-3H3,(H,23,24,25). The lowest BCUT2D eigenvalue weighted by molar-refractivity contribution is 0.590. The van der Waals surface area contributed by atoms with E-state index in [9.17, 15) is 8.78 Å². The largest absolute Gasteiger partial charge is 0.326 e. The van der Waals surface area contributed by atoms with Crippen molar-refractivity contribution >= 4 is 23.1 Å². The Morgan fingerprint density at radius 3 is 2.31 bits per heavy atom. The van der Waals surface area contributed by atoms with Gasteiger partial charge in [0.1, 0.15) is 23.1 Å². The van der Waals surface area contributed by atoms with Gasteiger partial charge in [0, 0.05) is 24.0 Å². The van der Waals surface area contributed by atoms with Crippen LogP contribution in [0.5, 0.6) is 0 Å². The van der Waals surface area contributed by atoms with Crippen molar-refractivity contribution in [3.63, 3.8) is 0 Å². The second-order valence-corrected chi connectivity index (χ2v) is 6.00. The van der Waals surface area contributed by atoms with Crippen LogP contribution in [0.4, 0.5) is 31.9 Å². The fraction of sp³-hybridized carbons (Fsp3) is 0.200. The fourth-order valence-electron chi connectivity index (χ4n) is 2.75. The Bertz CT molecular complexity index is 907. The van der Waals surface area contributed by atoms with Crippen LogP contribution in [0.3, 0.4) is 0 Å². The molecule has 0 bridgehead atoms. The summed E-state index contributed by atoms with van der Waals surface area (Å²) < 4.78 is 27.8. The molecule has 0 fully saturated rings. The summed E-state index contributed by atoms with van der Waals surface area (Å²) in [6, 6.07) is 13.6. The normalized spacial score (nSPS) is 10.7. The number of nitrogens with zero attached hydrogens (tertiary/aromatic N) is 3. The molecule has 0 amide bonds. The first kappa shape index (κ1) is 17.8. The lowest BCUT2D eigenvalue weighted by atomic mass is 10.2. The molecule has 6 heteroatoms. The predicted molar refractivity (Wildman–Crippen MR) is 100 cm³/mol. The molecule has 0 aliphatic carbocycles. The molecule has 0 aliphatic rings. The van der Waals surface area contributed by atoms with E-state index in [-0.39, 0.29) is 11.6 Å². The van der Waals surface area contributed by atoms with Gasteiger partial charge in [-0.15, -0.1) is 0 Å². The molecule has 0 radical (unpaired) electrons. The van der Waals surface area contributed by atoms with Gasteiger partial charge in [-0.1, -0.05) is 18.2 Å². The molecular weight excluding hydrogens is 334 g/mol. The first-order valence-electron chi connectivity index (χ1n) is 8.39. The molecule has 134 valence electrons. The SMILES string of the molecule is CCN(c1cccc(C)c1)c1cc(C)nc(Nc2c(F)cccc2F)n1. The van der Waals surface area contributed by atoms with Crippen molar-refractivity contribution in [2.24, 2.45) is 0 Å². The van der Waals surface area contributed by atoms with Crippen LogP contribution < -0.4 is 10.2 Å². The molecular formula is C20H20F2N4. The lowest BCUT2D eigenvalue weighted by Crippen LogP contribution is -2.18. The van der Waals surface area contributed by atoms with Crippen LogP contribution in [0.1, 0.15) is 18.2 Å². The van der Waals surface area contributed by atoms with Crippen LogP contribution in [0.15, 0.2) is 48.5 Å². The number of rotatable bonds is 5. The molecule has 2 aromatic carbocycles. The topological polar surface area (TPSA) is 41.1 Å². The number of aromatic nitrogens is 2. The molecule has 0 spiro atoms. The Hall–Kier alpha value is -3.02. The van der Waals surface area contributed by atoms with E-state index in [2.05, 4.69) is 21.4 Å². The van der Waals surface area contributed by atoms with Gasteiger partial charge in [-0.2, -0.15) is 4.98 Å². The molecule has 0 atom stereocenters. The van der Waals surface area contributed by atoms with Crippen molar-refractivity contribution in [2.75, 3.05) is 16.8 Å². The summed E-state index contributed by atoms with van der Waals surface area (Å²) in [7, 11) is 0. The molecule has 1 N–H and O–H groups in total. The first-order valence-corrected chi connectivity index (χ1v) is 8.39. The maximum Gasteiger partial charge on any atom is 0.229 e. The maximum atomic E-state index is 13.9. The summed E-state index contributed by atoms with van der Waals surface area (Å²) in [5.74, 6) is -0.578. The summed E-state index contributed by atoms with van der Waals surface area (Å²) in [6.07, 6.45) is 0. The number of anilines is 4. The van der Waals surface area contributed by atoms with E-state index in [1.54, 1.807) is 0 Å². The van der Waals surface area contributed by atoms with Gasteiger partial charge in [0.2, 0.25) is 5.95 Å². The zero-order valence-electron chi connectivity index (χ0n) is 14.9. The Balaban J connectivity index is 1.99. The summed E-state index contributed by atoms with van der Waals surface area (Å²) in [4.78, 5) is 10.7. The third kappa shape index (κ3) is 3.79. The zero-order chi connectivity index (χ0) is 18.7. The highest BCUT2D eigenvalue weighted by Crippen LogP contribution is 2.27. The summed E-state index contributed by atoms with van der Waals surface area (Å²) >= 11 is 0. The van der Waals surface area contributed by atoms with E-state index in [0.717, 1.165) is 11.3 Å². The minimum absolute atomic E-state index is 0.148. The van der Waals surface area contributed by atoms with E-state index >= 15 is 0 Å². The Morgan fingerprint density at radius 1 is 0.962 bits per heavy atom. The van der Waals surface area contributed by atoms with E-state index in [0.29, 0.717) is 18.1 Å². The van der Waals surface area contributed by atoms with Gasteiger partial charge in [-0.25, -0.2) is 13.8 Å². The zero-order valence-corrected chi connectivity index (χ0v) is 14.9. The second kappa shape index (κ2) is 7.47. The van der Waals surface area contributed by atoms with Crippen molar-refractivity contribution in [2.45, 2.75) is 20.8 Å². The van der Waals surface area contributed by atoms with E-state index in [1.807, 2.05) is 49.9 Å². The highest BCUT2D eigenvalue weighted by Gasteiger charge is 2.14. The van der Waals surface area contributed by atoms with Gasteiger partial charge in [-0.3, -0.25) is 0 Å². The number of hydrogen-bond donors (Lipinski definition) is 1. The Morgan fingerprint density at radius 2 is 1.65 bits per heavy atom. The van der Waals surface area contributed by atoms with Crippen molar-refractivity contribution < 1.29 is 8.78 Å². The average Bonchev–Trinajstić information content (AvgIpc) is 2.59. The molecule has 26 heavy (non-hydrogen) atoms. The number of hydrogen-bond acceptors (Lipinski definition) is 4. The summed E-state index contributed by atoms with van der Waals surface area (Å²) in [5, 5.41) is 2.66. The first-order chi connectivity index (χ1) is 12.5. The van der Waals surface area contributed by atoms with Gasteiger partial charge in [0.25, 0.3) is 0 Å². The van der Waals surface area contributed by atoms with Crippen molar-refractivity contribution in [1.29, 1.82) is 0 Å². The summed E-state index contributed by atoms with van der Waals surface area (Å²) in [5.41, 5.74) is 2.56. The molecule has 0 unspecified atom stereocenters. The van der Waals surface area contributed by atoms with E-state index in [4.69, 9.17) is 0 Å². The molecule has 3 rings (SSSR count). The predicted octanol–water partition coefficient (Wildman–Crippen LogP) is 5.27. The monoisotopic (exact) mass is 354 g/mol. The molecule has 0 saturated carbocycles. The molecule has 0 aliphatic heterocycles. The number of halogens is 2. The van der Waals surface area contributed by atoms with Gasteiger partial charge in [0.05, 0.1) is 0 Å². The minimum Gasteiger partial charge on any atom is -0.326 e. The van der Waals surface area contributed by atoms with E-state index < -0.39 is 11.6 Å². The van der Waals surface area contributed by atoms with Crippen LogP contribution in [0, 0.1) is 25.5 Å². The van der Waals surface area contributed by atoms with Gasteiger partial charge >= 0.3 is 0 Å². The lowest BCUT2D eigenvalue weighted by Gasteiger charge is -2.23. The molecule has 4 nitrogen and oxygen atoms in total. The smallest absolute Gasteiger partial charge is 0.229 e. The van der Waals surface area contributed by atoms with Crippen molar-refractivity contribution in [3.05, 3.63) is 71.4 Å². The van der Waals surface area contributed by atoms with E-state index in [1.165, 1.54) is 18.2 Å². The van der Waals surface area contributed by atoms with Gasteiger partial charge in [0.15, 0.2) is 0 Å². The van der Waals surface area contributed by atoms with Crippen LogP contribution in [0.2, 0.25) is 0 Å². The number of nitrogens with one attached hydrogen (secondary N) is 1. The minimum atomic E-state index is -0.692. The molecule has 1 aromatic heterocycles. The number of para-hydroxylation sites is 1. The quantitative estimate of drug-likeness (QED) is 0.677. The van der Waals surface area contributed by atoms with Gasteiger partial charge < -0.3 is 10.2 Å². The third-order valence-electron chi connectivity index (χ3n) is 3.95. The van der Waals surface area contributed by atoms with Crippen molar-refractivity contribution in [3.8, 4) is 0 Å². The Kier molecular flexibility index (Phi) is 5.11. The number of aryl methyl sites for hydroxylation is 2. The van der Waals surface area contributed by atoms with Crippen LogP contribution in [0.25, 0.3) is 0 Å². The summed E-state index contributed by atoms with van der Waals surface area (Å²) in [6.45, 7) is 6.55. The average molecular weight is 354 g/mol. The highest BCUT2D eigenvalue weighted by molar-refractivity contribution is 5.63. The number of benzene rings is 2. The Labute approximate surface area is 151 Å². The van der Waals surface area contributed by atoms with Crippen LogP contribution >= 0.6 is 0 Å². The van der Waals surface area contributed by atoms with Crippen LogP contribution in [-0.2, 0) is 0 Å². The fourth-order valence-corrected chi connectivity index (χ4v) is 2.75. The molecule has 1 heterocycles. The second-order valence-electron chi connectivity index (χ2n) is 6.00. The van der Waals surface area contributed by atoms with Gasteiger partial charge in [-0.05, 0) is 50.6 Å². The molecule has 0 saturated heterocycles. The third-order valence-corrected chi connectivity index (χ3v) is 3.95. The van der Waals surface area contributed by atoms with Crippen molar-refractivity contribution in [1.82, 2.24) is 9.97 Å².